The molecule has 0 unspecified atom stereocenters. The van der Waals surface area contributed by atoms with Gasteiger partial charge in [-0.25, -0.2) is 13.4 Å². The van der Waals surface area contributed by atoms with Crippen molar-refractivity contribution in [2.75, 3.05) is 23.9 Å². The molecule has 3 N–H and O–H groups in total. The fourth-order valence-electron chi connectivity index (χ4n) is 1.14. The van der Waals surface area contributed by atoms with Gasteiger partial charge in [0.1, 0.15) is 5.82 Å². The van der Waals surface area contributed by atoms with Gasteiger partial charge in [0.25, 0.3) is 0 Å². The molecule has 1 aromatic rings. The molecule has 6 heteroatoms. The van der Waals surface area contributed by atoms with Crippen LogP contribution in [0, 0.1) is 6.92 Å². The molecule has 0 aliphatic heterocycles. The van der Waals surface area contributed by atoms with Crippen LogP contribution in [0.2, 0.25) is 0 Å². The predicted octanol–water partition coefficient (Wildman–Crippen LogP) is 1.21. The van der Waals surface area contributed by atoms with Gasteiger partial charge in [0.15, 0.2) is 9.84 Å². The van der Waals surface area contributed by atoms with Gasteiger partial charge in [-0.1, -0.05) is 0 Å². The summed E-state index contributed by atoms with van der Waals surface area (Å²) in [5.74, 6) is 0.529. The van der Waals surface area contributed by atoms with Crippen molar-refractivity contribution in [3.63, 3.8) is 0 Å². The summed E-state index contributed by atoms with van der Waals surface area (Å²) in [6.45, 7) is 5.46. The monoisotopic (exact) mass is 257 g/mol. The van der Waals surface area contributed by atoms with Crippen LogP contribution in [0.25, 0.3) is 0 Å². The third kappa shape index (κ3) is 3.33. The zero-order chi connectivity index (χ0) is 13.3. The van der Waals surface area contributed by atoms with Crippen molar-refractivity contribution < 1.29 is 8.42 Å². The fraction of sp³-hybridized carbons (Fsp3) is 0.545. The quantitative estimate of drug-likeness (QED) is 0.846. The Balaban J connectivity index is 2.84. The molecule has 0 bridgehead atoms. The third-order valence-electron chi connectivity index (χ3n) is 2.75. The first-order valence-corrected chi connectivity index (χ1v) is 7.19. The summed E-state index contributed by atoms with van der Waals surface area (Å²) in [5, 5.41) is 2.99. The van der Waals surface area contributed by atoms with Crippen LogP contribution in [-0.4, -0.2) is 30.9 Å². The van der Waals surface area contributed by atoms with Gasteiger partial charge in [0.05, 0.1) is 10.4 Å². The molecule has 0 saturated heterocycles. The molecule has 1 rings (SSSR count). The summed E-state index contributed by atoms with van der Waals surface area (Å²) in [4.78, 5) is 4.23. The lowest BCUT2D eigenvalue weighted by molar-refractivity contribution is 0.559. The summed E-state index contributed by atoms with van der Waals surface area (Å²) in [5.41, 5.74) is 7.10. The summed E-state index contributed by atoms with van der Waals surface area (Å²) in [7, 11) is -3.13. The number of nitrogens with two attached hydrogens (primary N) is 1. The number of sulfone groups is 1. The van der Waals surface area contributed by atoms with E-state index in [-0.39, 0.29) is 6.54 Å². The minimum Gasteiger partial charge on any atom is -0.396 e. The summed E-state index contributed by atoms with van der Waals surface area (Å²) in [6, 6.07) is 3.56. The smallest absolute Gasteiger partial charge is 0.154 e. The van der Waals surface area contributed by atoms with Gasteiger partial charge in [-0.2, -0.15) is 0 Å². The standard InChI is InChI=1S/C11H19N3O2S/c1-8-5-6-9(12)10(14-8)13-7-11(2,3)17(4,15)16/h5-6H,7,12H2,1-4H3,(H,13,14). The first-order valence-electron chi connectivity index (χ1n) is 5.30. The lowest BCUT2D eigenvalue weighted by Gasteiger charge is -2.23. The van der Waals surface area contributed by atoms with E-state index >= 15 is 0 Å². The molecule has 0 aliphatic rings. The lowest BCUT2D eigenvalue weighted by Crippen LogP contribution is -2.38. The van der Waals surface area contributed by atoms with Crippen molar-refractivity contribution in [1.29, 1.82) is 0 Å². The predicted molar refractivity (Wildman–Crippen MR) is 70.8 cm³/mol. The van der Waals surface area contributed by atoms with Crippen molar-refractivity contribution in [2.24, 2.45) is 0 Å². The maximum Gasteiger partial charge on any atom is 0.154 e. The van der Waals surface area contributed by atoms with Crippen molar-refractivity contribution in [2.45, 2.75) is 25.5 Å². The van der Waals surface area contributed by atoms with E-state index in [1.807, 2.05) is 13.0 Å². The molecule has 0 atom stereocenters. The Morgan fingerprint density at radius 3 is 2.53 bits per heavy atom. The van der Waals surface area contributed by atoms with Crippen LogP contribution in [0.1, 0.15) is 19.5 Å². The van der Waals surface area contributed by atoms with Crippen LogP contribution in [0.4, 0.5) is 11.5 Å². The van der Waals surface area contributed by atoms with Crippen LogP contribution >= 0.6 is 0 Å². The number of pyridine rings is 1. The number of hydrogen-bond donors (Lipinski definition) is 2. The van der Waals surface area contributed by atoms with E-state index < -0.39 is 14.6 Å². The van der Waals surface area contributed by atoms with Gasteiger partial charge < -0.3 is 11.1 Å². The Labute approximate surface area is 102 Å². The van der Waals surface area contributed by atoms with Crippen LogP contribution < -0.4 is 11.1 Å². The number of nitrogen functional groups attached to an aromatic ring is 1. The van der Waals surface area contributed by atoms with Gasteiger partial charge in [-0.3, -0.25) is 0 Å². The molecule has 96 valence electrons. The highest BCUT2D eigenvalue weighted by Gasteiger charge is 2.30. The fourth-order valence-corrected chi connectivity index (χ4v) is 1.47. The Kier molecular flexibility index (Phi) is 3.66. The highest BCUT2D eigenvalue weighted by molar-refractivity contribution is 7.92. The first kappa shape index (κ1) is 13.8. The van der Waals surface area contributed by atoms with E-state index in [9.17, 15) is 8.42 Å². The van der Waals surface area contributed by atoms with Crippen molar-refractivity contribution in [3.05, 3.63) is 17.8 Å². The SMILES string of the molecule is Cc1ccc(N)c(NCC(C)(C)S(C)(=O)=O)n1. The highest BCUT2D eigenvalue weighted by atomic mass is 32.2. The Hall–Kier alpha value is -1.30. The van der Waals surface area contributed by atoms with E-state index in [1.165, 1.54) is 6.26 Å². The average molecular weight is 257 g/mol. The van der Waals surface area contributed by atoms with Crippen molar-refractivity contribution in [3.8, 4) is 0 Å². The summed E-state index contributed by atoms with van der Waals surface area (Å²) < 4.78 is 22.2. The number of rotatable bonds is 4. The van der Waals surface area contributed by atoms with Crippen LogP contribution in [0.3, 0.4) is 0 Å². The molecule has 1 aromatic heterocycles. The second kappa shape index (κ2) is 4.52. The largest absolute Gasteiger partial charge is 0.396 e. The number of aromatic nitrogens is 1. The molecule has 0 amide bonds. The normalized spacial score (nSPS) is 12.5. The van der Waals surface area contributed by atoms with Crippen LogP contribution in [-0.2, 0) is 9.84 Å². The summed E-state index contributed by atoms with van der Waals surface area (Å²) in [6.07, 6.45) is 1.22. The molecular weight excluding hydrogens is 238 g/mol. The Bertz CT molecular complexity index is 509. The van der Waals surface area contributed by atoms with Gasteiger partial charge >= 0.3 is 0 Å². The van der Waals surface area contributed by atoms with Crippen LogP contribution in [0.15, 0.2) is 12.1 Å². The maximum atomic E-state index is 11.5. The van der Waals surface area contributed by atoms with E-state index in [0.29, 0.717) is 11.5 Å². The molecule has 0 aromatic carbocycles. The van der Waals surface area contributed by atoms with Gasteiger partial charge in [-0.05, 0) is 32.9 Å². The molecular formula is C11H19N3O2S. The molecule has 0 fully saturated rings. The van der Waals surface area contributed by atoms with E-state index in [2.05, 4.69) is 10.3 Å². The zero-order valence-corrected chi connectivity index (χ0v) is 11.4. The Morgan fingerprint density at radius 2 is 2.00 bits per heavy atom. The van der Waals surface area contributed by atoms with Crippen LogP contribution in [0.5, 0.6) is 0 Å². The second-order valence-corrected chi connectivity index (χ2v) is 7.43. The highest BCUT2D eigenvalue weighted by Crippen LogP contribution is 2.19. The zero-order valence-electron chi connectivity index (χ0n) is 10.6. The van der Waals surface area contributed by atoms with Crippen molar-refractivity contribution in [1.82, 2.24) is 4.98 Å². The number of nitrogens with zero attached hydrogens (tertiary/aromatic N) is 1. The minimum atomic E-state index is -3.13. The van der Waals surface area contributed by atoms with Gasteiger partial charge in [0, 0.05) is 18.5 Å². The number of anilines is 2. The number of hydrogen-bond acceptors (Lipinski definition) is 5. The third-order valence-corrected chi connectivity index (χ3v) is 4.90. The first-order chi connectivity index (χ1) is 7.63. The van der Waals surface area contributed by atoms with E-state index in [1.54, 1.807) is 19.9 Å². The molecule has 0 aliphatic carbocycles. The average Bonchev–Trinajstić information content (AvgIpc) is 2.18. The van der Waals surface area contributed by atoms with Gasteiger partial charge in [0.2, 0.25) is 0 Å². The molecule has 0 saturated carbocycles. The number of nitrogens with one attached hydrogen (secondary N) is 1. The molecule has 5 nitrogen and oxygen atoms in total. The molecule has 0 radical (unpaired) electrons. The van der Waals surface area contributed by atoms with Crippen molar-refractivity contribution >= 4 is 21.3 Å². The number of aryl methyl sites for hydroxylation is 1. The summed E-state index contributed by atoms with van der Waals surface area (Å²) >= 11 is 0. The molecule has 0 spiro atoms. The van der Waals surface area contributed by atoms with E-state index in [0.717, 1.165) is 5.69 Å². The molecule has 17 heavy (non-hydrogen) atoms. The topological polar surface area (TPSA) is 85.1 Å². The van der Waals surface area contributed by atoms with Gasteiger partial charge in [-0.15, -0.1) is 0 Å². The Morgan fingerprint density at radius 1 is 1.41 bits per heavy atom. The second-order valence-electron chi connectivity index (χ2n) is 4.78. The minimum absolute atomic E-state index is 0.270. The molecule has 1 heterocycles. The lowest BCUT2D eigenvalue weighted by atomic mass is 10.2. The maximum absolute atomic E-state index is 11.5. The van der Waals surface area contributed by atoms with E-state index in [4.69, 9.17) is 5.73 Å².